The Morgan fingerprint density at radius 1 is 1.03 bits per heavy atom. The first-order chi connectivity index (χ1) is 15.3. The maximum absolute atomic E-state index is 13.9. The first-order valence-corrected chi connectivity index (χ1v) is 11.6. The zero-order chi connectivity index (χ0) is 22.5. The van der Waals surface area contributed by atoms with Crippen molar-refractivity contribution < 1.29 is 14.4 Å². The van der Waals surface area contributed by atoms with Gasteiger partial charge < -0.3 is 5.32 Å². The van der Waals surface area contributed by atoms with Gasteiger partial charge in [0.05, 0.1) is 27.6 Å². The summed E-state index contributed by atoms with van der Waals surface area (Å²) >= 11 is 12.2. The zero-order valence-corrected chi connectivity index (χ0v) is 19.1. The van der Waals surface area contributed by atoms with Crippen molar-refractivity contribution in [3.05, 3.63) is 57.1 Å². The summed E-state index contributed by atoms with van der Waals surface area (Å²) in [7, 11) is 0. The van der Waals surface area contributed by atoms with Crippen LogP contribution in [0.5, 0.6) is 0 Å². The zero-order valence-electron chi connectivity index (χ0n) is 17.6. The van der Waals surface area contributed by atoms with Crippen molar-refractivity contribution in [3.8, 4) is 0 Å². The van der Waals surface area contributed by atoms with Gasteiger partial charge in [0.25, 0.3) is 0 Å². The van der Waals surface area contributed by atoms with Crippen molar-refractivity contribution in [1.29, 1.82) is 0 Å². The fraction of sp³-hybridized carbons (Fsp3) is 0.375. The largest absolute Gasteiger partial charge is 0.324 e. The van der Waals surface area contributed by atoms with E-state index in [9.17, 15) is 14.4 Å². The lowest BCUT2D eigenvalue weighted by Crippen LogP contribution is -2.54. The molecule has 0 aliphatic carbocycles. The number of imide groups is 1. The summed E-state index contributed by atoms with van der Waals surface area (Å²) in [5.41, 5.74) is 2.86. The molecule has 4 atom stereocenters. The third-order valence-corrected chi connectivity index (χ3v) is 8.60. The van der Waals surface area contributed by atoms with Crippen LogP contribution >= 0.6 is 23.2 Å². The number of fused-ring (bicyclic) bond motifs is 7. The Morgan fingerprint density at radius 2 is 1.81 bits per heavy atom. The number of benzene rings is 2. The summed E-state index contributed by atoms with van der Waals surface area (Å²) in [5, 5.41) is 3.69. The van der Waals surface area contributed by atoms with Gasteiger partial charge in [-0.1, -0.05) is 35.3 Å². The summed E-state index contributed by atoms with van der Waals surface area (Å²) in [4.78, 5) is 44.7. The molecule has 4 aliphatic heterocycles. The Bertz CT molecular complexity index is 1250. The summed E-state index contributed by atoms with van der Waals surface area (Å²) in [6, 6.07) is 8.54. The van der Waals surface area contributed by atoms with Gasteiger partial charge in [0.2, 0.25) is 17.7 Å². The van der Waals surface area contributed by atoms with Crippen LogP contribution in [0.2, 0.25) is 10.0 Å². The molecule has 4 heterocycles. The van der Waals surface area contributed by atoms with E-state index in [1.165, 1.54) is 11.0 Å². The highest BCUT2D eigenvalue weighted by atomic mass is 35.5. The number of carbonyl (C=O) groups is 3. The predicted octanol–water partition coefficient (Wildman–Crippen LogP) is 4.04. The van der Waals surface area contributed by atoms with E-state index in [0.29, 0.717) is 17.3 Å². The second-order valence-electron chi connectivity index (χ2n) is 9.17. The Labute approximate surface area is 195 Å². The number of hydrogen-bond donors (Lipinski definition) is 1. The number of rotatable bonds is 1. The van der Waals surface area contributed by atoms with E-state index >= 15 is 0 Å². The number of halogens is 2. The lowest BCUT2D eigenvalue weighted by molar-refractivity contribution is -0.135. The maximum Gasteiger partial charge on any atom is 0.250 e. The highest BCUT2D eigenvalue weighted by molar-refractivity contribution is 6.42. The highest BCUT2D eigenvalue weighted by Crippen LogP contribution is 2.61. The number of aryl methyl sites for hydroxylation is 1. The topological polar surface area (TPSA) is 69.7 Å². The van der Waals surface area contributed by atoms with Crippen LogP contribution in [-0.4, -0.2) is 35.2 Å². The molecule has 0 bridgehead atoms. The van der Waals surface area contributed by atoms with Gasteiger partial charge in [0, 0.05) is 17.3 Å². The standard InChI is InChI=1S/C24H21Cl2N3O3/c1-11-5-7-14-20(12(11)2)27-23(32)24(14)19-18(17-4-3-9-28(17)24)21(30)29(22(19)31)13-6-8-15(25)16(26)10-13/h5-8,10,17-19H,3-4,9H2,1-2H3,(H,27,32). The van der Waals surface area contributed by atoms with Gasteiger partial charge in [-0.15, -0.1) is 0 Å². The van der Waals surface area contributed by atoms with Crippen molar-refractivity contribution in [2.45, 2.75) is 38.3 Å². The quantitative estimate of drug-likeness (QED) is 0.639. The van der Waals surface area contributed by atoms with Crippen LogP contribution in [0, 0.1) is 25.7 Å². The molecule has 0 radical (unpaired) electrons. The molecule has 0 aromatic heterocycles. The molecule has 8 heteroatoms. The fourth-order valence-electron chi connectivity index (χ4n) is 6.40. The summed E-state index contributed by atoms with van der Waals surface area (Å²) in [5.74, 6) is -2.18. The van der Waals surface area contributed by atoms with Crippen LogP contribution in [0.1, 0.15) is 29.5 Å². The van der Waals surface area contributed by atoms with Crippen molar-refractivity contribution in [2.75, 3.05) is 16.8 Å². The smallest absolute Gasteiger partial charge is 0.250 e. The monoisotopic (exact) mass is 469 g/mol. The summed E-state index contributed by atoms with van der Waals surface area (Å²) < 4.78 is 0. The summed E-state index contributed by atoms with van der Waals surface area (Å²) in [6.07, 6.45) is 1.67. The van der Waals surface area contributed by atoms with Crippen LogP contribution in [0.15, 0.2) is 30.3 Å². The van der Waals surface area contributed by atoms with E-state index in [2.05, 4.69) is 10.2 Å². The molecule has 1 spiro atoms. The van der Waals surface area contributed by atoms with Crippen molar-refractivity contribution in [2.24, 2.45) is 11.8 Å². The van der Waals surface area contributed by atoms with Gasteiger partial charge in [0.1, 0.15) is 5.54 Å². The molecule has 32 heavy (non-hydrogen) atoms. The minimum Gasteiger partial charge on any atom is -0.324 e. The van der Waals surface area contributed by atoms with Gasteiger partial charge in [-0.3, -0.25) is 19.3 Å². The van der Waals surface area contributed by atoms with E-state index < -0.39 is 17.4 Å². The van der Waals surface area contributed by atoms with Gasteiger partial charge >= 0.3 is 0 Å². The van der Waals surface area contributed by atoms with Crippen LogP contribution < -0.4 is 10.2 Å². The fourth-order valence-corrected chi connectivity index (χ4v) is 6.69. The van der Waals surface area contributed by atoms with Gasteiger partial charge in [-0.05, 0) is 62.6 Å². The maximum atomic E-state index is 13.9. The Balaban J connectivity index is 1.56. The predicted molar refractivity (Wildman–Crippen MR) is 122 cm³/mol. The van der Waals surface area contributed by atoms with Gasteiger partial charge in [0.15, 0.2) is 0 Å². The van der Waals surface area contributed by atoms with Gasteiger partial charge in [-0.25, -0.2) is 4.90 Å². The molecule has 3 amide bonds. The van der Waals surface area contributed by atoms with E-state index in [0.717, 1.165) is 35.2 Å². The van der Waals surface area contributed by atoms with Crippen molar-refractivity contribution >= 4 is 52.3 Å². The van der Waals surface area contributed by atoms with E-state index in [1.54, 1.807) is 12.1 Å². The first-order valence-electron chi connectivity index (χ1n) is 10.8. The van der Waals surface area contributed by atoms with Crippen LogP contribution in [0.4, 0.5) is 11.4 Å². The highest BCUT2D eigenvalue weighted by Gasteiger charge is 2.74. The first kappa shape index (κ1) is 20.2. The lowest BCUT2D eigenvalue weighted by Gasteiger charge is -2.36. The Hall–Kier alpha value is -2.41. The average molecular weight is 470 g/mol. The number of anilines is 2. The molecule has 3 saturated heterocycles. The molecular weight excluding hydrogens is 449 g/mol. The molecule has 4 aliphatic rings. The second-order valence-corrected chi connectivity index (χ2v) is 9.98. The van der Waals surface area contributed by atoms with E-state index in [4.69, 9.17) is 23.2 Å². The van der Waals surface area contributed by atoms with Gasteiger partial charge in [-0.2, -0.15) is 0 Å². The Kier molecular flexibility index (Phi) is 4.15. The number of amides is 3. The molecule has 6 rings (SSSR count). The van der Waals surface area contributed by atoms with E-state index in [-0.39, 0.29) is 28.8 Å². The number of hydrogen-bond acceptors (Lipinski definition) is 4. The van der Waals surface area contributed by atoms with Crippen LogP contribution in [0.3, 0.4) is 0 Å². The average Bonchev–Trinajstić information content (AvgIpc) is 3.46. The molecule has 164 valence electrons. The van der Waals surface area contributed by atoms with Crippen molar-refractivity contribution in [3.63, 3.8) is 0 Å². The third kappa shape index (κ3) is 2.23. The van der Waals surface area contributed by atoms with Crippen molar-refractivity contribution in [1.82, 2.24) is 4.90 Å². The minimum absolute atomic E-state index is 0.150. The molecule has 1 N–H and O–H groups in total. The second kappa shape index (κ2) is 6.56. The molecule has 2 aromatic carbocycles. The third-order valence-electron chi connectivity index (χ3n) is 7.86. The SMILES string of the molecule is Cc1ccc2c(c1C)NC(=O)C21C2C(=O)N(c3ccc(Cl)c(Cl)c3)C(=O)C2C2CCCN21. The molecular formula is C24H21Cl2N3O3. The molecule has 4 unspecified atom stereocenters. The number of carbonyl (C=O) groups excluding carboxylic acids is 3. The van der Waals surface area contributed by atoms with E-state index in [1.807, 2.05) is 26.0 Å². The van der Waals surface area contributed by atoms with Crippen LogP contribution in [0.25, 0.3) is 0 Å². The minimum atomic E-state index is -1.17. The Morgan fingerprint density at radius 3 is 2.56 bits per heavy atom. The summed E-state index contributed by atoms with van der Waals surface area (Å²) in [6.45, 7) is 4.66. The molecule has 3 fully saturated rings. The lowest BCUT2D eigenvalue weighted by atomic mass is 9.75. The molecule has 2 aromatic rings. The number of nitrogens with zero attached hydrogens (tertiary/aromatic N) is 2. The van der Waals surface area contributed by atoms with Crippen LogP contribution in [-0.2, 0) is 19.9 Å². The molecule has 0 saturated carbocycles. The normalized spacial score (nSPS) is 30.8. The number of nitrogens with one attached hydrogen (secondary N) is 1. The molecule has 6 nitrogen and oxygen atoms in total.